The zero-order chi connectivity index (χ0) is 23.4. The van der Waals surface area contributed by atoms with E-state index in [0.717, 1.165) is 30.8 Å². The number of rotatable bonds is 7. The molecule has 3 nitrogen and oxygen atoms in total. The fourth-order valence-corrected chi connectivity index (χ4v) is 5.57. The van der Waals surface area contributed by atoms with E-state index in [-0.39, 0.29) is 31.4 Å². The van der Waals surface area contributed by atoms with Gasteiger partial charge in [0, 0.05) is 0 Å². The van der Waals surface area contributed by atoms with Gasteiger partial charge in [-0.25, -0.2) is 0 Å². The van der Waals surface area contributed by atoms with E-state index in [1.165, 1.54) is 34.9 Å². The Morgan fingerprint density at radius 2 is 1.75 bits per heavy atom. The van der Waals surface area contributed by atoms with Crippen molar-refractivity contribution in [2.24, 2.45) is 0 Å². The van der Waals surface area contributed by atoms with Crippen LogP contribution in [0.4, 0.5) is 0 Å². The summed E-state index contributed by atoms with van der Waals surface area (Å²) in [6.45, 7) is 12.3. The maximum absolute atomic E-state index is 11.0. The number of carboxylic acids is 1. The number of fused-ring (bicyclic) bond motifs is 1. The van der Waals surface area contributed by atoms with Crippen LogP contribution in [-0.2, 0) is 10.8 Å². The predicted octanol–water partition coefficient (Wildman–Crippen LogP) is 5.64. The van der Waals surface area contributed by atoms with Gasteiger partial charge in [0.25, 0.3) is 0 Å². The van der Waals surface area contributed by atoms with Gasteiger partial charge in [-0.15, -0.1) is 0 Å². The van der Waals surface area contributed by atoms with Gasteiger partial charge in [-0.05, 0) is 0 Å². The average Bonchev–Trinajstić information content (AvgIpc) is 2.74. The van der Waals surface area contributed by atoms with Crippen LogP contribution in [0.3, 0.4) is 0 Å². The van der Waals surface area contributed by atoms with Crippen LogP contribution in [0.5, 0.6) is 5.75 Å². The standard InChI is InChI=1S/C28H34O3Se/c1-6-7-8-16-31-24-19-22(18-23-25(24)28(4,5)15-14-27(23,2)3)32-17-13-20-9-11-21(12-10-20)26(29)30/h9-12,18-19H,6-8,14-16H2,1-5H3,(H,29,30). The van der Waals surface area contributed by atoms with Crippen molar-refractivity contribution in [2.75, 3.05) is 6.61 Å². The van der Waals surface area contributed by atoms with E-state index in [4.69, 9.17) is 9.84 Å². The summed E-state index contributed by atoms with van der Waals surface area (Å²) < 4.78 is 7.62. The third-order valence-electron chi connectivity index (χ3n) is 6.36. The summed E-state index contributed by atoms with van der Waals surface area (Å²) in [6, 6.07) is 11.3. The number of unbranched alkanes of at least 4 members (excludes halogenated alkanes) is 2. The van der Waals surface area contributed by atoms with Crippen molar-refractivity contribution >= 4 is 25.4 Å². The third-order valence-corrected chi connectivity index (χ3v) is 7.78. The number of hydrogen-bond acceptors (Lipinski definition) is 2. The molecule has 2 aromatic rings. The first-order valence-corrected chi connectivity index (χ1v) is 13.2. The Labute approximate surface area is 199 Å². The maximum atomic E-state index is 11.0. The van der Waals surface area contributed by atoms with Crippen molar-refractivity contribution in [1.29, 1.82) is 0 Å². The molecular weight excluding hydrogens is 463 g/mol. The fourth-order valence-electron chi connectivity index (χ4n) is 4.25. The molecule has 1 aliphatic rings. The van der Waals surface area contributed by atoms with Crippen molar-refractivity contribution in [3.05, 3.63) is 58.7 Å². The van der Waals surface area contributed by atoms with Gasteiger partial charge in [-0.3, -0.25) is 0 Å². The van der Waals surface area contributed by atoms with Gasteiger partial charge >= 0.3 is 199 Å². The molecule has 0 aromatic heterocycles. The number of hydrogen-bond donors (Lipinski definition) is 1. The van der Waals surface area contributed by atoms with E-state index in [1.807, 2.05) is 0 Å². The Morgan fingerprint density at radius 3 is 2.41 bits per heavy atom. The van der Waals surface area contributed by atoms with Crippen LogP contribution < -0.4 is 9.20 Å². The van der Waals surface area contributed by atoms with Gasteiger partial charge < -0.3 is 0 Å². The molecule has 0 heterocycles. The van der Waals surface area contributed by atoms with E-state index in [2.05, 4.69) is 57.5 Å². The van der Waals surface area contributed by atoms with E-state index >= 15 is 0 Å². The zero-order valence-electron chi connectivity index (χ0n) is 19.9. The molecule has 1 aliphatic carbocycles. The van der Waals surface area contributed by atoms with Gasteiger partial charge in [0.05, 0.1) is 0 Å². The van der Waals surface area contributed by atoms with E-state index in [1.54, 1.807) is 24.3 Å². The van der Waals surface area contributed by atoms with Crippen molar-refractivity contribution in [1.82, 2.24) is 0 Å². The Morgan fingerprint density at radius 1 is 1.06 bits per heavy atom. The molecule has 170 valence electrons. The number of aromatic carboxylic acids is 1. The second-order valence-electron chi connectivity index (χ2n) is 9.88. The molecule has 0 aliphatic heterocycles. The van der Waals surface area contributed by atoms with Gasteiger partial charge in [0.15, 0.2) is 0 Å². The molecule has 0 fully saturated rings. The molecule has 0 bridgehead atoms. The SMILES string of the molecule is CCCCCOc1cc([Se]C#Cc2ccc(C(=O)O)cc2)cc2c1C(C)(C)CCC2(C)C. The van der Waals surface area contributed by atoms with Crippen molar-refractivity contribution in [3.63, 3.8) is 0 Å². The first kappa shape index (κ1) is 24.4. The van der Waals surface area contributed by atoms with Crippen LogP contribution in [0, 0.1) is 10.7 Å². The molecule has 3 rings (SSSR count). The van der Waals surface area contributed by atoms with Crippen LogP contribution in [-0.4, -0.2) is 32.6 Å². The molecule has 0 saturated heterocycles. The van der Waals surface area contributed by atoms with Gasteiger partial charge in [0.2, 0.25) is 0 Å². The second-order valence-corrected chi connectivity index (χ2v) is 11.7. The molecule has 4 heteroatoms. The van der Waals surface area contributed by atoms with Crippen LogP contribution in [0.1, 0.15) is 93.8 Å². The Balaban J connectivity index is 1.90. The van der Waals surface area contributed by atoms with Gasteiger partial charge in [0.1, 0.15) is 0 Å². The van der Waals surface area contributed by atoms with Crippen LogP contribution in [0.25, 0.3) is 0 Å². The molecule has 0 unspecified atom stereocenters. The molecule has 0 spiro atoms. The van der Waals surface area contributed by atoms with E-state index < -0.39 is 5.97 Å². The average molecular weight is 498 g/mol. The topological polar surface area (TPSA) is 46.5 Å². The summed E-state index contributed by atoms with van der Waals surface area (Å²) in [4.78, 5) is 14.4. The third kappa shape index (κ3) is 5.77. The minimum atomic E-state index is -0.917. The molecule has 1 N–H and O–H groups in total. The Hall–Kier alpha value is -2.21. The Kier molecular flexibility index (Phi) is 7.75. The zero-order valence-corrected chi connectivity index (χ0v) is 21.6. The normalized spacial score (nSPS) is 15.9. The van der Waals surface area contributed by atoms with Crippen molar-refractivity contribution in [3.8, 4) is 16.5 Å². The molecule has 32 heavy (non-hydrogen) atoms. The first-order chi connectivity index (χ1) is 15.1. The second kappa shape index (κ2) is 10.2. The van der Waals surface area contributed by atoms with E-state index in [0.29, 0.717) is 0 Å². The summed E-state index contributed by atoms with van der Waals surface area (Å²) in [7, 11) is 0. The number of carbonyl (C=O) groups is 1. The molecular formula is C28H34O3Se. The summed E-state index contributed by atoms with van der Waals surface area (Å²) >= 11 is -0.0142. The number of carboxylic acid groups (broad SMARTS) is 1. The van der Waals surface area contributed by atoms with Gasteiger partial charge in [-0.1, -0.05) is 0 Å². The summed E-state index contributed by atoms with van der Waals surface area (Å²) in [5, 5.41) is 9.05. The van der Waals surface area contributed by atoms with Crippen LogP contribution >= 0.6 is 0 Å². The van der Waals surface area contributed by atoms with Crippen molar-refractivity contribution < 1.29 is 14.6 Å². The number of benzene rings is 2. The molecule has 0 atom stereocenters. The fraction of sp³-hybridized carbons (Fsp3) is 0.464. The van der Waals surface area contributed by atoms with E-state index in [9.17, 15) is 4.79 Å². The minimum absolute atomic E-state index is 0.0142. The van der Waals surface area contributed by atoms with Gasteiger partial charge in [-0.2, -0.15) is 0 Å². The number of ether oxygens (including phenoxy) is 1. The monoisotopic (exact) mass is 498 g/mol. The molecule has 0 amide bonds. The Bertz CT molecular complexity index is 1020. The molecule has 0 radical (unpaired) electrons. The quantitative estimate of drug-likeness (QED) is 0.306. The first-order valence-electron chi connectivity index (χ1n) is 11.5. The summed E-state index contributed by atoms with van der Waals surface area (Å²) in [5.74, 6) is 3.33. The summed E-state index contributed by atoms with van der Waals surface area (Å²) in [6.07, 6.45) is 5.78. The van der Waals surface area contributed by atoms with Crippen LogP contribution in [0.15, 0.2) is 36.4 Å². The summed E-state index contributed by atoms with van der Waals surface area (Å²) in [5.41, 5.74) is 4.14. The van der Waals surface area contributed by atoms with Crippen molar-refractivity contribution in [2.45, 2.75) is 77.6 Å². The van der Waals surface area contributed by atoms with Crippen LogP contribution in [0.2, 0.25) is 0 Å². The molecule has 2 aromatic carbocycles. The molecule has 0 saturated carbocycles. The predicted molar refractivity (Wildman–Crippen MR) is 132 cm³/mol.